The first-order valence-electron chi connectivity index (χ1n) is 6.81. The van der Waals surface area contributed by atoms with Gasteiger partial charge in [-0.25, -0.2) is 4.98 Å². The van der Waals surface area contributed by atoms with Crippen LogP contribution < -0.4 is 5.73 Å². The topological polar surface area (TPSA) is 43.8 Å². The van der Waals surface area contributed by atoms with Crippen molar-refractivity contribution in [1.82, 2.24) is 9.55 Å². The van der Waals surface area contributed by atoms with Gasteiger partial charge in [0.1, 0.15) is 5.82 Å². The van der Waals surface area contributed by atoms with Crippen molar-refractivity contribution in [1.29, 1.82) is 0 Å². The van der Waals surface area contributed by atoms with Crippen LogP contribution in [0.1, 0.15) is 11.1 Å². The molecule has 3 rings (SSSR count). The van der Waals surface area contributed by atoms with Gasteiger partial charge in [0.15, 0.2) is 0 Å². The van der Waals surface area contributed by atoms with Crippen molar-refractivity contribution >= 4 is 11.6 Å². The molecule has 0 unspecified atom stereocenters. The normalized spacial score (nSPS) is 10.8. The molecule has 2 aromatic carbocycles. The van der Waals surface area contributed by atoms with E-state index in [-0.39, 0.29) is 0 Å². The molecule has 0 saturated carbocycles. The molecule has 0 spiro atoms. The molecule has 1 heterocycles. The number of aromatic nitrogens is 2. The maximum absolute atomic E-state index is 6.06. The minimum atomic E-state index is 0.554. The molecular formula is C17H16ClN3. The number of benzene rings is 2. The molecule has 0 bridgehead atoms. The number of hydrogen-bond acceptors (Lipinski definition) is 2. The van der Waals surface area contributed by atoms with Crippen LogP contribution in [0, 0.1) is 0 Å². The molecule has 2 N–H and O–H groups in total. The average Bonchev–Trinajstić information content (AvgIpc) is 2.95. The van der Waals surface area contributed by atoms with Crippen molar-refractivity contribution in [2.75, 3.05) is 0 Å². The van der Waals surface area contributed by atoms with Crippen LogP contribution in [-0.2, 0) is 13.1 Å². The molecule has 0 amide bonds. The van der Waals surface area contributed by atoms with E-state index in [4.69, 9.17) is 17.3 Å². The maximum Gasteiger partial charge on any atom is 0.140 e. The Kier molecular flexibility index (Phi) is 4.04. The second-order valence-corrected chi connectivity index (χ2v) is 5.35. The molecule has 21 heavy (non-hydrogen) atoms. The van der Waals surface area contributed by atoms with Gasteiger partial charge in [0.2, 0.25) is 0 Å². The minimum Gasteiger partial charge on any atom is -0.327 e. The highest BCUT2D eigenvalue weighted by atomic mass is 35.5. The number of hydrogen-bond donors (Lipinski definition) is 1. The van der Waals surface area contributed by atoms with Gasteiger partial charge in [-0.3, -0.25) is 0 Å². The summed E-state index contributed by atoms with van der Waals surface area (Å²) in [5, 5.41) is 0.715. The quantitative estimate of drug-likeness (QED) is 0.798. The third kappa shape index (κ3) is 3.15. The molecule has 0 aliphatic heterocycles. The standard InChI is InChI=1S/C17H16ClN3/c18-16-6-2-5-15(10-16)17-20-7-8-21(17)12-14-4-1-3-13(9-14)11-19/h1-10H,11-12,19H2. The number of imidazole rings is 1. The van der Waals surface area contributed by atoms with E-state index in [2.05, 4.69) is 21.7 Å². The molecule has 3 nitrogen and oxygen atoms in total. The molecule has 0 aliphatic rings. The minimum absolute atomic E-state index is 0.554. The molecule has 106 valence electrons. The predicted octanol–water partition coefficient (Wildman–Crippen LogP) is 3.71. The molecule has 0 fully saturated rings. The summed E-state index contributed by atoms with van der Waals surface area (Å²) in [6.07, 6.45) is 3.79. The number of nitrogens with zero attached hydrogens (tertiary/aromatic N) is 2. The van der Waals surface area contributed by atoms with Crippen molar-refractivity contribution in [3.8, 4) is 11.4 Å². The van der Waals surface area contributed by atoms with Crippen LogP contribution in [0.15, 0.2) is 60.9 Å². The summed E-state index contributed by atoms with van der Waals surface area (Å²) >= 11 is 6.06. The van der Waals surface area contributed by atoms with Gasteiger partial charge >= 0.3 is 0 Å². The average molecular weight is 298 g/mol. The molecule has 3 aromatic rings. The van der Waals surface area contributed by atoms with Crippen LogP contribution in [0.2, 0.25) is 5.02 Å². The Labute approximate surface area is 129 Å². The molecule has 0 radical (unpaired) electrons. The Hall–Kier alpha value is -2.10. The lowest BCUT2D eigenvalue weighted by molar-refractivity contribution is 0.805. The van der Waals surface area contributed by atoms with Gasteiger partial charge < -0.3 is 10.3 Å². The zero-order chi connectivity index (χ0) is 14.7. The lowest BCUT2D eigenvalue weighted by Crippen LogP contribution is -2.03. The molecule has 1 aromatic heterocycles. The first-order valence-corrected chi connectivity index (χ1v) is 7.19. The first-order chi connectivity index (χ1) is 10.3. The highest BCUT2D eigenvalue weighted by Gasteiger charge is 2.07. The Balaban J connectivity index is 1.92. The third-order valence-electron chi connectivity index (χ3n) is 3.38. The maximum atomic E-state index is 6.06. The zero-order valence-electron chi connectivity index (χ0n) is 11.5. The summed E-state index contributed by atoms with van der Waals surface area (Å²) in [6, 6.07) is 16.0. The van der Waals surface area contributed by atoms with Gasteiger partial charge in [0.05, 0.1) is 0 Å². The van der Waals surface area contributed by atoms with Crippen LogP contribution in [0.5, 0.6) is 0 Å². The van der Waals surface area contributed by atoms with Gasteiger partial charge in [-0.1, -0.05) is 48.0 Å². The van der Waals surface area contributed by atoms with Crippen molar-refractivity contribution in [2.24, 2.45) is 5.73 Å². The summed E-state index contributed by atoms with van der Waals surface area (Å²) in [6.45, 7) is 1.31. The van der Waals surface area contributed by atoms with Crippen molar-refractivity contribution in [3.05, 3.63) is 77.1 Å². The largest absolute Gasteiger partial charge is 0.327 e. The lowest BCUT2D eigenvalue weighted by Gasteiger charge is -2.09. The van der Waals surface area contributed by atoms with E-state index in [1.54, 1.807) is 0 Å². The van der Waals surface area contributed by atoms with E-state index >= 15 is 0 Å². The van der Waals surface area contributed by atoms with E-state index in [1.807, 2.05) is 48.8 Å². The second kappa shape index (κ2) is 6.12. The van der Waals surface area contributed by atoms with E-state index in [9.17, 15) is 0 Å². The highest BCUT2D eigenvalue weighted by molar-refractivity contribution is 6.30. The Morgan fingerprint density at radius 2 is 1.86 bits per heavy atom. The predicted molar refractivity (Wildman–Crippen MR) is 86.1 cm³/mol. The van der Waals surface area contributed by atoms with Crippen molar-refractivity contribution in [3.63, 3.8) is 0 Å². The van der Waals surface area contributed by atoms with E-state index in [0.717, 1.165) is 23.5 Å². The second-order valence-electron chi connectivity index (χ2n) is 4.91. The monoisotopic (exact) mass is 297 g/mol. The summed E-state index contributed by atoms with van der Waals surface area (Å²) in [5.74, 6) is 0.913. The number of nitrogens with two attached hydrogens (primary N) is 1. The van der Waals surface area contributed by atoms with Crippen LogP contribution in [0.25, 0.3) is 11.4 Å². The lowest BCUT2D eigenvalue weighted by atomic mass is 10.1. The van der Waals surface area contributed by atoms with Gasteiger partial charge in [0, 0.05) is 36.1 Å². The molecule has 0 saturated heterocycles. The van der Waals surface area contributed by atoms with E-state index in [1.165, 1.54) is 5.56 Å². The van der Waals surface area contributed by atoms with Gasteiger partial charge in [-0.15, -0.1) is 0 Å². The molecule has 4 heteroatoms. The van der Waals surface area contributed by atoms with Crippen LogP contribution >= 0.6 is 11.6 Å². The summed E-state index contributed by atoms with van der Waals surface area (Å²) < 4.78 is 2.11. The Morgan fingerprint density at radius 3 is 2.67 bits per heavy atom. The molecule has 0 aliphatic carbocycles. The summed E-state index contributed by atoms with van der Waals surface area (Å²) in [5.41, 5.74) is 9.06. The van der Waals surface area contributed by atoms with E-state index < -0.39 is 0 Å². The van der Waals surface area contributed by atoms with Gasteiger partial charge in [-0.2, -0.15) is 0 Å². The SMILES string of the molecule is NCc1cccc(Cn2ccnc2-c2cccc(Cl)c2)c1. The van der Waals surface area contributed by atoms with Crippen molar-refractivity contribution in [2.45, 2.75) is 13.1 Å². The van der Waals surface area contributed by atoms with Crippen LogP contribution in [0.4, 0.5) is 0 Å². The Bertz CT molecular complexity index is 749. The highest BCUT2D eigenvalue weighted by Crippen LogP contribution is 2.22. The number of rotatable bonds is 4. The summed E-state index contributed by atoms with van der Waals surface area (Å²) in [4.78, 5) is 4.45. The van der Waals surface area contributed by atoms with Crippen molar-refractivity contribution < 1.29 is 0 Å². The fourth-order valence-electron chi connectivity index (χ4n) is 2.38. The molecule has 0 atom stereocenters. The van der Waals surface area contributed by atoms with Crippen LogP contribution in [-0.4, -0.2) is 9.55 Å². The Morgan fingerprint density at radius 1 is 1.05 bits per heavy atom. The molecular weight excluding hydrogens is 282 g/mol. The van der Waals surface area contributed by atoms with Crippen LogP contribution in [0.3, 0.4) is 0 Å². The third-order valence-corrected chi connectivity index (χ3v) is 3.61. The van der Waals surface area contributed by atoms with Gasteiger partial charge in [-0.05, 0) is 23.3 Å². The number of halogens is 1. The smallest absolute Gasteiger partial charge is 0.140 e. The summed E-state index contributed by atoms with van der Waals surface area (Å²) in [7, 11) is 0. The van der Waals surface area contributed by atoms with E-state index in [0.29, 0.717) is 11.6 Å². The first kappa shape index (κ1) is 13.9. The zero-order valence-corrected chi connectivity index (χ0v) is 12.3. The fourth-order valence-corrected chi connectivity index (χ4v) is 2.57. The van der Waals surface area contributed by atoms with Gasteiger partial charge in [0.25, 0.3) is 0 Å². The fraction of sp³-hybridized carbons (Fsp3) is 0.118.